The van der Waals surface area contributed by atoms with Crippen molar-refractivity contribution >= 4 is 11.6 Å². The topological polar surface area (TPSA) is 53.9 Å². The smallest absolute Gasteiger partial charge is 0.256 e. The zero-order valence-corrected chi connectivity index (χ0v) is 12.8. The van der Waals surface area contributed by atoms with Crippen LogP contribution in [0.5, 0.6) is 5.75 Å². The van der Waals surface area contributed by atoms with Crippen LogP contribution in [0.2, 0.25) is 0 Å². The summed E-state index contributed by atoms with van der Waals surface area (Å²) in [5.74, 6) is 1.55. The van der Waals surface area contributed by atoms with E-state index in [-0.39, 0.29) is 11.9 Å². The maximum atomic E-state index is 12.9. The molecule has 23 heavy (non-hydrogen) atoms. The molecule has 0 bridgehead atoms. The van der Waals surface area contributed by atoms with Gasteiger partial charge in [0, 0.05) is 0 Å². The first-order valence-corrected chi connectivity index (χ1v) is 7.73. The van der Waals surface area contributed by atoms with Crippen molar-refractivity contribution in [2.75, 3.05) is 6.61 Å². The predicted octanol–water partition coefficient (Wildman–Crippen LogP) is 2.31. The number of rotatable bonds is 3. The molecule has 0 radical (unpaired) electrons. The van der Waals surface area contributed by atoms with Gasteiger partial charge >= 0.3 is 0 Å². The molecule has 1 N–H and O–H groups in total. The third-order valence-corrected chi connectivity index (χ3v) is 4.13. The minimum atomic E-state index is -0.407. The number of allylic oxidation sites excluding steroid dienone is 2. The first-order valence-electron chi connectivity index (χ1n) is 7.73. The van der Waals surface area contributed by atoms with Gasteiger partial charge in [0.15, 0.2) is 0 Å². The molecule has 0 saturated carbocycles. The second-order valence-electron chi connectivity index (χ2n) is 5.55. The Bertz CT molecular complexity index is 776. The Balaban J connectivity index is 1.65. The first-order chi connectivity index (χ1) is 11.3. The third kappa shape index (κ3) is 2.25. The number of hydrogen-bond acceptors (Lipinski definition) is 4. The van der Waals surface area contributed by atoms with Gasteiger partial charge in [0.05, 0.1) is 24.6 Å². The number of ether oxygens (including phenoxy) is 1. The standard InChI is InChI=1S/C18H17N3O2/c1-2-23-13-7-5-6-12(10-13)17-18(22)21-15-9-4-3-8-14(15)19-11-16(21)20-17/h3-11,15,17,20H,2H2,1H3. The van der Waals surface area contributed by atoms with Gasteiger partial charge in [-0.1, -0.05) is 30.4 Å². The summed E-state index contributed by atoms with van der Waals surface area (Å²) in [7, 11) is 0. The Morgan fingerprint density at radius 3 is 3.13 bits per heavy atom. The molecule has 2 unspecified atom stereocenters. The highest BCUT2D eigenvalue weighted by Gasteiger charge is 2.42. The predicted molar refractivity (Wildman–Crippen MR) is 87.9 cm³/mol. The number of benzene rings is 1. The number of aliphatic imine (C=N–C) groups is 1. The van der Waals surface area contributed by atoms with Gasteiger partial charge < -0.3 is 10.1 Å². The van der Waals surface area contributed by atoms with Crippen LogP contribution in [-0.2, 0) is 4.79 Å². The number of carbonyl (C=O) groups excluding carboxylic acids is 1. The molecule has 1 saturated heterocycles. The van der Waals surface area contributed by atoms with Crippen molar-refractivity contribution in [1.29, 1.82) is 0 Å². The Morgan fingerprint density at radius 2 is 2.26 bits per heavy atom. The van der Waals surface area contributed by atoms with E-state index in [2.05, 4.69) is 10.3 Å². The molecule has 116 valence electrons. The largest absolute Gasteiger partial charge is 0.494 e. The summed E-state index contributed by atoms with van der Waals surface area (Å²) in [5, 5.41) is 3.28. The van der Waals surface area contributed by atoms with Crippen LogP contribution in [0.4, 0.5) is 0 Å². The molecule has 4 rings (SSSR count). The van der Waals surface area contributed by atoms with Crippen molar-refractivity contribution < 1.29 is 9.53 Å². The fourth-order valence-electron chi connectivity index (χ4n) is 3.09. The van der Waals surface area contributed by atoms with Crippen molar-refractivity contribution in [3.8, 4) is 5.75 Å². The molecular formula is C18H17N3O2. The molecule has 0 spiro atoms. The minimum Gasteiger partial charge on any atom is -0.494 e. The maximum absolute atomic E-state index is 12.9. The Hall–Kier alpha value is -2.82. The molecule has 1 aromatic carbocycles. The number of carbonyl (C=O) groups is 1. The van der Waals surface area contributed by atoms with Gasteiger partial charge in [-0.05, 0) is 30.7 Å². The van der Waals surface area contributed by atoms with Gasteiger partial charge in [0.1, 0.15) is 17.6 Å². The SMILES string of the molecule is CCOc1cccc(C2NC3=CN=C4C=CC=CC4N3C2=O)c1. The van der Waals surface area contributed by atoms with Gasteiger partial charge in [-0.3, -0.25) is 14.7 Å². The molecular weight excluding hydrogens is 290 g/mol. The van der Waals surface area contributed by atoms with E-state index in [0.717, 1.165) is 22.8 Å². The Morgan fingerprint density at radius 1 is 1.35 bits per heavy atom. The average molecular weight is 307 g/mol. The van der Waals surface area contributed by atoms with Crippen LogP contribution >= 0.6 is 0 Å². The van der Waals surface area contributed by atoms with Gasteiger partial charge in [-0.15, -0.1) is 0 Å². The molecule has 2 aliphatic heterocycles. The van der Waals surface area contributed by atoms with E-state index in [1.807, 2.05) is 55.5 Å². The maximum Gasteiger partial charge on any atom is 0.256 e. The van der Waals surface area contributed by atoms with Crippen LogP contribution in [0.3, 0.4) is 0 Å². The van der Waals surface area contributed by atoms with Crippen LogP contribution in [0, 0.1) is 0 Å². The minimum absolute atomic E-state index is 0.0299. The molecule has 1 aromatic rings. The van der Waals surface area contributed by atoms with Crippen LogP contribution in [0.1, 0.15) is 18.5 Å². The number of fused-ring (bicyclic) bond motifs is 3. The second kappa shape index (κ2) is 5.43. The summed E-state index contributed by atoms with van der Waals surface area (Å²) in [4.78, 5) is 19.2. The monoisotopic (exact) mass is 307 g/mol. The van der Waals surface area contributed by atoms with Crippen LogP contribution in [0.25, 0.3) is 0 Å². The van der Waals surface area contributed by atoms with Crippen molar-refractivity contribution in [1.82, 2.24) is 10.2 Å². The highest BCUT2D eigenvalue weighted by Crippen LogP contribution is 2.32. The van der Waals surface area contributed by atoms with E-state index in [1.54, 1.807) is 11.1 Å². The summed E-state index contributed by atoms with van der Waals surface area (Å²) in [6, 6.07) is 7.13. The van der Waals surface area contributed by atoms with E-state index in [0.29, 0.717) is 6.61 Å². The quantitative estimate of drug-likeness (QED) is 0.932. The summed E-state index contributed by atoms with van der Waals surface area (Å²) >= 11 is 0. The molecule has 3 aliphatic rings. The number of amides is 1. The lowest BCUT2D eigenvalue weighted by Gasteiger charge is -2.29. The number of hydrogen-bond donors (Lipinski definition) is 1. The molecule has 2 atom stereocenters. The summed E-state index contributed by atoms with van der Waals surface area (Å²) < 4.78 is 5.54. The second-order valence-corrected chi connectivity index (χ2v) is 5.55. The van der Waals surface area contributed by atoms with E-state index < -0.39 is 6.04 Å². The van der Waals surface area contributed by atoms with Crippen molar-refractivity contribution in [2.24, 2.45) is 4.99 Å². The van der Waals surface area contributed by atoms with Crippen molar-refractivity contribution in [2.45, 2.75) is 19.0 Å². The molecule has 5 heteroatoms. The lowest BCUT2D eigenvalue weighted by Crippen LogP contribution is -2.42. The van der Waals surface area contributed by atoms with Crippen molar-refractivity contribution in [3.63, 3.8) is 0 Å². The average Bonchev–Trinajstić information content (AvgIpc) is 2.93. The number of nitrogens with zero attached hydrogens (tertiary/aromatic N) is 2. The van der Waals surface area contributed by atoms with Crippen LogP contribution in [0.15, 0.2) is 65.6 Å². The van der Waals surface area contributed by atoms with E-state index >= 15 is 0 Å². The third-order valence-electron chi connectivity index (χ3n) is 4.13. The molecule has 1 aliphatic carbocycles. The zero-order chi connectivity index (χ0) is 15.8. The molecule has 2 heterocycles. The van der Waals surface area contributed by atoms with Gasteiger partial charge in [0.25, 0.3) is 5.91 Å². The van der Waals surface area contributed by atoms with Gasteiger partial charge in [-0.25, -0.2) is 0 Å². The van der Waals surface area contributed by atoms with E-state index in [1.165, 1.54) is 0 Å². The molecule has 0 aromatic heterocycles. The zero-order valence-electron chi connectivity index (χ0n) is 12.8. The highest BCUT2D eigenvalue weighted by molar-refractivity contribution is 6.06. The fraction of sp³-hybridized carbons (Fsp3) is 0.222. The van der Waals surface area contributed by atoms with Gasteiger partial charge in [-0.2, -0.15) is 0 Å². The fourth-order valence-corrected chi connectivity index (χ4v) is 3.09. The molecule has 5 nitrogen and oxygen atoms in total. The summed E-state index contributed by atoms with van der Waals surface area (Å²) in [5.41, 5.74) is 1.78. The Labute approximate surface area is 134 Å². The highest BCUT2D eigenvalue weighted by atomic mass is 16.5. The van der Waals surface area contributed by atoms with Crippen molar-refractivity contribution in [3.05, 3.63) is 66.2 Å². The molecule has 1 fully saturated rings. The van der Waals surface area contributed by atoms with Gasteiger partial charge in [0.2, 0.25) is 0 Å². The lowest BCUT2D eigenvalue weighted by atomic mass is 10.0. The number of nitrogens with one attached hydrogen (secondary N) is 1. The van der Waals surface area contributed by atoms with E-state index in [9.17, 15) is 4.79 Å². The summed E-state index contributed by atoms with van der Waals surface area (Å²) in [6.45, 7) is 2.54. The first kappa shape index (κ1) is 13.8. The summed E-state index contributed by atoms with van der Waals surface area (Å²) in [6.07, 6.45) is 9.53. The normalized spacial score (nSPS) is 24.6. The Kier molecular flexibility index (Phi) is 3.26. The van der Waals surface area contributed by atoms with E-state index in [4.69, 9.17) is 4.74 Å². The van der Waals surface area contributed by atoms with Crippen LogP contribution in [-0.4, -0.2) is 29.2 Å². The van der Waals surface area contributed by atoms with Crippen LogP contribution < -0.4 is 10.1 Å². The molecule has 1 amide bonds. The lowest BCUT2D eigenvalue weighted by molar-refractivity contribution is -0.128.